The van der Waals surface area contributed by atoms with Gasteiger partial charge in [-0.25, -0.2) is 4.39 Å². The van der Waals surface area contributed by atoms with Gasteiger partial charge in [-0.2, -0.15) is 0 Å². The van der Waals surface area contributed by atoms with Gasteiger partial charge in [0, 0.05) is 44.3 Å². The Hall–Kier alpha value is -2.61. The summed E-state index contributed by atoms with van der Waals surface area (Å²) < 4.78 is 24.2. The molecule has 1 saturated heterocycles. The third kappa shape index (κ3) is 6.43. The third-order valence-corrected chi connectivity index (χ3v) is 5.71. The minimum Gasteiger partial charge on any atom is -0.494 e. The Bertz CT molecular complexity index is 855. The van der Waals surface area contributed by atoms with Crippen LogP contribution in [-0.2, 0) is 13.0 Å². The van der Waals surface area contributed by atoms with E-state index in [1.165, 1.54) is 7.11 Å². The fourth-order valence-electron chi connectivity index (χ4n) is 3.95. The second-order valence-corrected chi connectivity index (χ2v) is 7.98. The number of guanidine groups is 1. The fraction of sp³-hybridized carbons (Fsp3) is 0.565. The van der Waals surface area contributed by atoms with Gasteiger partial charge in [-0.05, 0) is 57.7 Å². The zero-order valence-electron chi connectivity index (χ0n) is 19.0. The smallest absolute Gasteiger partial charge is 0.191 e. The van der Waals surface area contributed by atoms with Crippen LogP contribution in [0.1, 0.15) is 42.3 Å². The van der Waals surface area contributed by atoms with Crippen molar-refractivity contribution in [1.29, 1.82) is 0 Å². The quantitative estimate of drug-likeness (QED) is 0.494. The van der Waals surface area contributed by atoms with E-state index in [4.69, 9.17) is 14.3 Å². The molecule has 0 bridgehead atoms. The molecule has 0 saturated carbocycles. The van der Waals surface area contributed by atoms with E-state index in [9.17, 15) is 4.39 Å². The number of ether oxygens (including phenoxy) is 1. The standard InChI is InChI=1S/C23H34FN5O2/c1-5-25-23(26-11-8-20-16(2)28-31-17(20)3)27-19-9-12-29(13-10-19)15-18-6-7-22(30-4)21(24)14-18/h6-7,14,19H,5,8-13,15H2,1-4H3,(H2,25,26,27). The van der Waals surface area contributed by atoms with Crippen molar-refractivity contribution in [2.45, 2.75) is 52.6 Å². The van der Waals surface area contributed by atoms with Crippen molar-refractivity contribution in [3.63, 3.8) is 0 Å². The maximum absolute atomic E-state index is 13.9. The Morgan fingerprint density at radius 1 is 1.32 bits per heavy atom. The monoisotopic (exact) mass is 431 g/mol. The van der Waals surface area contributed by atoms with Crippen LogP contribution in [0, 0.1) is 19.7 Å². The highest BCUT2D eigenvalue weighted by molar-refractivity contribution is 5.80. The van der Waals surface area contributed by atoms with Gasteiger partial charge >= 0.3 is 0 Å². The summed E-state index contributed by atoms with van der Waals surface area (Å²) >= 11 is 0. The molecule has 0 unspecified atom stereocenters. The number of benzene rings is 1. The lowest BCUT2D eigenvalue weighted by molar-refractivity contribution is 0.198. The van der Waals surface area contributed by atoms with Crippen molar-refractivity contribution in [2.75, 3.05) is 33.3 Å². The summed E-state index contributed by atoms with van der Waals surface area (Å²) in [5.74, 6) is 1.70. The van der Waals surface area contributed by atoms with Gasteiger partial charge in [-0.3, -0.25) is 9.89 Å². The Morgan fingerprint density at radius 3 is 2.71 bits per heavy atom. The van der Waals surface area contributed by atoms with E-state index in [0.717, 1.165) is 74.0 Å². The molecular weight excluding hydrogens is 397 g/mol. The highest BCUT2D eigenvalue weighted by Gasteiger charge is 2.20. The van der Waals surface area contributed by atoms with Gasteiger partial charge in [0.05, 0.1) is 12.8 Å². The van der Waals surface area contributed by atoms with Gasteiger partial charge in [0.2, 0.25) is 0 Å². The lowest BCUT2D eigenvalue weighted by Gasteiger charge is -2.33. The Balaban J connectivity index is 1.47. The molecule has 31 heavy (non-hydrogen) atoms. The molecule has 2 heterocycles. The molecule has 7 nitrogen and oxygen atoms in total. The zero-order chi connectivity index (χ0) is 22.2. The van der Waals surface area contributed by atoms with E-state index in [1.54, 1.807) is 12.1 Å². The molecule has 2 N–H and O–H groups in total. The first-order chi connectivity index (χ1) is 15.0. The van der Waals surface area contributed by atoms with E-state index in [-0.39, 0.29) is 11.6 Å². The van der Waals surface area contributed by atoms with Crippen LogP contribution in [0.2, 0.25) is 0 Å². The largest absolute Gasteiger partial charge is 0.494 e. The highest BCUT2D eigenvalue weighted by atomic mass is 19.1. The second kappa shape index (κ2) is 11.1. The Morgan fingerprint density at radius 2 is 2.10 bits per heavy atom. The van der Waals surface area contributed by atoms with E-state index < -0.39 is 0 Å². The molecule has 0 radical (unpaired) electrons. The number of nitrogens with zero attached hydrogens (tertiary/aromatic N) is 3. The van der Waals surface area contributed by atoms with Crippen molar-refractivity contribution in [3.05, 3.63) is 46.6 Å². The fourth-order valence-corrected chi connectivity index (χ4v) is 3.95. The zero-order valence-corrected chi connectivity index (χ0v) is 19.0. The van der Waals surface area contributed by atoms with Crippen LogP contribution in [0.5, 0.6) is 5.75 Å². The van der Waals surface area contributed by atoms with Gasteiger partial charge in [0.15, 0.2) is 17.5 Å². The molecule has 0 aliphatic carbocycles. The van der Waals surface area contributed by atoms with Crippen molar-refractivity contribution < 1.29 is 13.7 Å². The Kier molecular flexibility index (Phi) is 8.28. The number of aromatic nitrogens is 1. The van der Waals surface area contributed by atoms with Crippen molar-refractivity contribution in [2.24, 2.45) is 4.99 Å². The summed E-state index contributed by atoms with van der Waals surface area (Å²) in [6.45, 7) is 10.2. The van der Waals surface area contributed by atoms with Gasteiger partial charge < -0.3 is 19.9 Å². The first-order valence-electron chi connectivity index (χ1n) is 11.0. The number of piperidine rings is 1. The number of halogens is 1. The normalized spacial score (nSPS) is 15.8. The molecule has 1 aromatic heterocycles. The van der Waals surface area contributed by atoms with Gasteiger partial charge in [0.25, 0.3) is 0 Å². The second-order valence-electron chi connectivity index (χ2n) is 7.98. The van der Waals surface area contributed by atoms with E-state index in [0.29, 0.717) is 12.6 Å². The van der Waals surface area contributed by atoms with Gasteiger partial charge in [-0.1, -0.05) is 11.2 Å². The number of rotatable bonds is 8. The number of hydrogen-bond donors (Lipinski definition) is 2. The number of likely N-dealkylation sites (tertiary alicyclic amines) is 1. The molecule has 0 amide bonds. The SMILES string of the molecule is CCNC(=NCCc1c(C)noc1C)NC1CCN(Cc2ccc(OC)c(F)c2)CC1. The Labute approximate surface area is 184 Å². The average molecular weight is 432 g/mol. The van der Waals surface area contributed by atoms with Crippen LogP contribution in [0.15, 0.2) is 27.7 Å². The molecule has 1 aliphatic heterocycles. The highest BCUT2D eigenvalue weighted by Crippen LogP contribution is 2.20. The minimum absolute atomic E-state index is 0.288. The summed E-state index contributed by atoms with van der Waals surface area (Å²) in [5, 5.41) is 10.9. The lowest BCUT2D eigenvalue weighted by Crippen LogP contribution is -2.48. The first-order valence-corrected chi connectivity index (χ1v) is 11.0. The van der Waals surface area contributed by atoms with Crippen LogP contribution in [0.4, 0.5) is 4.39 Å². The molecule has 1 aliphatic rings. The predicted octanol–water partition coefficient (Wildman–Crippen LogP) is 3.20. The number of hydrogen-bond acceptors (Lipinski definition) is 5. The summed E-state index contributed by atoms with van der Waals surface area (Å²) in [7, 11) is 1.48. The summed E-state index contributed by atoms with van der Waals surface area (Å²) in [5.41, 5.74) is 3.05. The maximum atomic E-state index is 13.9. The van der Waals surface area contributed by atoms with Crippen LogP contribution >= 0.6 is 0 Å². The molecule has 0 atom stereocenters. The predicted molar refractivity (Wildman–Crippen MR) is 120 cm³/mol. The molecule has 3 rings (SSSR count). The molecule has 0 spiro atoms. The van der Waals surface area contributed by atoms with Crippen LogP contribution < -0.4 is 15.4 Å². The number of nitrogens with one attached hydrogen (secondary N) is 2. The summed E-state index contributed by atoms with van der Waals surface area (Å²) in [6.07, 6.45) is 2.86. The topological polar surface area (TPSA) is 74.9 Å². The average Bonchev–Trinajstić information content (AvgIpc) is 3.07. The molecule has 1 aromatic carbocycles. The third-order valence-electron chi connectivity index (χ3n) is 5.71. The van der Waals surface area contributed by atoms with Crippen LogP contribution in [0.3, 0.4) is 0 Å². The van der Waals surface area contributed by atoms with Crippen LogP contribution in [-0.4, -0.2) is 55.3 Å². The van der Waals surface area contributed by atoms with E-state index in [1.807, 2.05) is 19.9 Å². The van der Waals surface area contributed by atoms with Crippen molar-refractivity contribution in [3.8, 4) is 5.75 Å². The molecule has 1 fully saturated rings. The summed E-state index contributed by atoms with van der Waals surface area (Å²) in [4.78, 5) is 7.10. The van der Waals surface area contributed by atoms with Crippen molar-refractivity contribution in [1.82, 2.24) is 20.7 Å². The molecule has 2 aromatic rings. The number of methoxy groups -OCH3 is 1. The first kappa shape index (κ1) is 23.1. The van der Waals surface area contributed by atoms with Gasteiger partial charge in [0.1, 0.15) is 5.76 Å². The molecule has 8 heteroatoms. The number of aliphatic imine (C=N–C) groups is 1. The lowest BCUT2D eigenvalue weighted by atomic mass is 10.0. The summed E-state index contributed by atoms with van der Waals surface area (Å²) in [6, 6.07) is 5.57. The number of aryl methyl sites for hydroxylation is 2. The van der Waals surface area contributed by atoms with Crippen LogP contribution in [0.25, 0.3) is 0 Å². The van der Waals surface area contributed by atoms with E-state index >= 15 is 0 Å². The maximum Gasteiger partial charge on any atom is 0.191 e. The molecule has 170 valence electrons. The van der Waals surface area contributed by atoms with Gasteiger partial charge in [-0.15, -0.1) is 0 Å². The van der Waals surface area contributed by atoms with Crippen molar-refractivity contribution >= 4 is 5.96 Å². The minimum atomic E-state index is -0.306. The van der Waals surface area contributed by atoms with E-state index in [2.05, 4.69) is 27.6 Å². The molecular formula is C23H34FN5O2.